The third-order valence-electron chi connectivity index (χ3n) is 3.12. The molecule has 0 amide bonds. The maximum Gasteiger partial charge on any atom is 0.159 e. The Morgan fingerprint density at radius 3 is 2.53 bits per heavy atom. The second kappa shape index (κ2) is 8.54. The normalized spacial score (nSPS) is 14.4. The van der Waals surface area contributed by atoms with Gasteiger partial charge in [-0.15, -0.1) is 0 Å². The predicted molar refractivity (Wildman–Crippen MR) is 79.7 cm³/mol. The van der Waals surface area contributed by atoms with Crippen molar-refractivity contribution < 1.29 is 8.78 Å². The molecule has 1 aromatic carbocycles. The van der Waals surface area contributed by atoms with Gasteiger partial charge in [0.1, 0.15) is 0 Å². The first-order valence-electron chi connectivity index (χ1n) is 6.85. The molecule has 0 saturated carbocycles. The molecule has 19 heavy (non-hydrogen) atoms. The lowest BCUT2D eigenvalue weighted by Crippen LogP contribution is -2.33. The molecular weight excluding hydrogens is 264 g/mol. The molecule has 108 valence electrons. The zero-order valence-corrected chi connectivity index (χ0v) is 12.7. The fourth-order valence-electron chi connectivity index (χ4n) is 1.83. The quantitative estimate of drug-likeness (QED) is 0.775. The van der Waals surface area contributed by atoms with Gasteiger partial charge < -0.3 is 5.32 Å². The van der Waals surface area contributed by atoms with Crippen LogP contribution in [0.2, 0.25) is 0 Å². The van der Waals surface area contributed by atoms with E-state index in [-0.39, 0.29) is 0 Å². The summed E-state index contributed by atoms with van der Waals surface area (Å²) >= 11 is 1.92. The molecule has 0 heterocycles. The molecule has 0 aliphatic heterocycles. The van der Waals surface area contributed by atoms with Gasteiger partial charge in [0, 0.05) is 17.0 Å². The number of benzene rings is 1. The molecule has 0 aliphatic carbocycles. The summed E-state index contributed by atoms with van der Waals surface area (Å²) in [7, 11) is 0. The van der Waals surface area contributed by atoms with Crippen LogP contribution in [0, 0.1) is 11.6 Å². The molecule has 2 atom stereocenters. The number of hydrogen-bond acceptors (Lipinski definition) is 2. The summed E-state index contributed by atoms with van der Waals surface area (Å²) in [6, 6.07) is 4.47. The molecule has 0 aromatic heterocycles. The molecule has 4 heteroatoms. The van der Waals surface area contributed by atoms with Crippen molar-refractivity contribution in [3.63, 3.8) is 0 Å². The number of hydrogen-bond donors (Lipinski definition) is 1. The van der Waals surface area contributed by atoms with E-state index in [4.69, 9.17) is 0 Å². The van der Waals surface area contributed by atoms with Gasteiger partial charge in [-0.25, -0.2) is 8.78 Å². The Morgan fingerprint density at radius 2 is 1.95 bits per heavy atom. The summed E-state index contributed by atoms with van der Waals surface area (Å²) in [5.74, 6) is -0.554. The highest BCUT2D eigenvalue weighted by Crippen LogP contribution is 2.17. The van der Waals surface area contributed by atoms with Crippen LogP contribution >= 0.6 is 11.8 Å². The molecule has 2 unspecified atom stereocenters. The van der Waals surface area contributed by atoms with Crippen LogP contribution < -0.4 is 5.32 Å². The number of likely N-dealkylation sites (N-methyl/N-ethyl adjacent to an activating group) is 1. The van der Waals surface area contributed by atoms with Crippen molar-refractivity contribution in [1.82, 2.24) is 5.32 Å². The molecule has 0 spiro atoms. The van der Waals surface area contributed by atoms with Crippen molar-refractivity contribution in [2.75, 3.05) is 12.3 Å². The highest BCUT2D eigenvalue weighted by atomic mass is 32.2. The summed E-state index contributed by atoms with van der Waals surface area (Å²) in [4.78, 5) is 0. The van der Waals surface area contributed by atoms with E-state index in [1.165, 1.54) is 12.1 Å². The Morgan fingerprint density at radius 1 is 1.21 bits per heavy atom. The van der Waals surface area contributed by atoms with Gasteiger partial charge in [0.25, 0.3) is 0 Å². The number of nitrogens with one attached hydrogen (secondary N) is 1. The van der Waals surface area contributed by atoms with E-state index in [0.717, 1.165) is 30.7 Å². The molecule has 0 aliphatic rings. The predicted octanol–water partition coefficient (Wildman–Crippen LogP) is 4.02. The topological polar surface area (TPSA) is 12.0 Å². The highest BCUT2D eigenvalue weighted by molar-refractivity contribution is 7.99. The molecule has 0 fully saturated rings. The lowest BCUT2D eigenvalue weighted by molar-refractivity contribution is 0.504. The van der Waals surface area contributed by atoms with Crippen molar-refractivity contribution in [1.29, 1.82) is 0 Å². The lowest BCUT2D eigenvalue weighted by Gasteiger charge is -2.19. The lowest BCUT2D eigenvalue weighted by atomic mass is 10.1. The Bertz CT molecular complexity index is 384. The molecule has 0 bridgehead atoms. The van der Waals surface area contributed by atoms with Crippen LogP contribution in [0.25, 0.3) is 0 Å². The maximum atomic E-state index is 13.2. The first-order chi connectivity index (χ1) is 9.06. The van der Waals surface area contributed by atoms with Crippen molar-refractivity contribution in [2.45, 2.75) is 44.9 Å². The van der Waals surface area contributed by atoms with Gasteiger partial charge in [0.2, 0.25) is 0 Å². The van der Waals surface area contributed by atoms with Gasteiger partial charge in [-0.2, -0.15) is 11.8 Å². The van der Waals surface area contributed by atoms with E-state index in [0.29, 0.717) is 11.3 Å². The minimum atomic E-state index is -0.780. The first-order valence-corrected chi connectivity index (χ1v) is 7.90. The minimum absolute atomic E-state index is 0.300. The van der Waals surface area contributed by atoms with Gasteiger partial charge in [0.05, 0.1) is 0 Å². The van der Waals surface area contributed by atoms with Crippen LogP contribution in [0.5, 0.6) is 0 Å². The summed E-state index contributed by atoms with van der Waals surface area (Å²) in [6.07, 6.45) is 1.88. The average molecular weight is 287 g/mol. The second-order valence-corrected chi connectivity index (χ2v) is 6.23. The van der Waals surface area contributed by atoms with E-state index in [1.807, 2.05) is 11.8 Å². The van der Waals surface area contributed by atoms with Crippen LogP contribution in [0.3, 0.4) is 0 Å². The van der Waals surface area contributed by atoms with Crippen LogP contribution in [-0.2, 0) is 6.42 Å². The molecular formula is C15H23F2NS. The number of halogens is 2. The SMILES string of the molecule is CCNC(CSC(C)CC)Cc1ccc(F)c(F)c1. The molecule has 1 rings (SSSR count). The van der Waals surface area contributed by atoms with Crippen molar-refractivity contribution in [3.8, 4) is 0 Å². The summed E-state index contributed by atoms with van der Waals surface area (Å²) < 4.78 is 26.1. The smallest absolute Gasteiger partial charge is 0.159 e. The van der Waals surface area contributed by atoms with Crippen molar-refractivity contribution >= 4 is 11.8 Å². The van der Waals surface area contributed by atoms with E-state index in [9.17, 15) is 8.78 Å². The van der Waals surface area contributed by atoms with Crippen molar-refractivity contribution in [3.05, 3.63) is 35.4 Å². The van der Waals surface area contributed by atoms with E-state index in [2.05, 4.69) is 26.1 Å². The largest absolute Gasteiger partial charge is 0.313 e. The fraction of sp³-hybridized carbons (Fsp3) is 0.600. The van der Waals surface area contributed by atoms with Gasteiger partial charge >= 0.3 is 0 Å². The summed E-state index contributed by atoms with van der Waals surface area (Å²) in [5, 5.41) is 4.04. The monoisotopic (exact) mass is 287 g/mol. The average Bonchev–Trinajstić information content (AvgIpc) is 2.40. The number of thioether (sulfide) groups is 1. The van der Waals surface area contributed by atoms with Crippen molar-refractivity contribution in [2.24, 2.45) is 0 Å². The van der Waals surface area contributed by atoms with Gasteiger partial charge in [-0.3, -0.25) is 0 Å². The Labute approximate surface area is 119 Å². The maximum absolute atomic E-state index is 13.2. The molecule has 0 saturated heterocycles. The molecule has 1 nitrogen and oxygen atoms in total. The van der Waals surface area contributed by atoms with E-state index in [1.54, 1.807) is 6.07 Å². The Kier molecular flexibility index (Phi) is 7.39. The Hall–Kier alpha value is -0.610. The zero-order chi connectivity index (χ0) is 14.3. The summed E-state index contributed by atoms with van der Waals surface area (Å²) in [5.41, 5.74) is 0.842. The first kappa shape index (κ1) is 16.4. The third-order valence-corrected chi connectivity index (χ3v) is 4.61. The van der Waals surface area contributed by atoms with Crippen LogP contribution in [0.1, 0.15) is 32.8 Å². The molecule has 1 aromatic rings. The molecule has 0 radical (unpaired) electrons. The van der Waals surface area contributed by atoms with Crippen LogP contribution in [0.15, 0.2) is 18.2 Å². The molecule has 1 N–H and O–H groups in total. The Balaban J connectivity index is 2.58. The van der Waals surface area contributed by atoms with E-state index >= 15 is 0 Å². The van der Waals surface area contributed by atoms with Crippen LogP contribution in [-0.4, -0.2) is 23.6 Å². The minimum Gasteiger partial charge on any atom is -0.313 e. The zero-order valence-electron chi connectivity index (χ0n) is 11.9. The van der Waals surface area contributed by atoms with Gasteiger partial charge in [-0.05, 0) is 37.1 Å². The van der Waals surface area contributed by atoms with Gasteiger partial charge in [0.15, 0.2) is 11.6 Å². The standard InChI is InChI=1S/C15H23F2NS/c1-4-11(3)19-10-13(18-5-2)8-12-6-7-14(16)15(17)9-12/h6-7,9,11,13,18H,4-5,8,10H2,1-3H3. The highest BCUT2D eigenvalue weighted by Gasteiger charge is 2.12. The fourth-order valence-corrected chi connectivity index (χ4v) is 2.86. The van der Waals surface area contributed by atoms with Gasteiger partial charge in [-0.1, -0.05) is 26.8 Å². The second-order valence-electron chi connectivity index (χ2n) is 4.76. The third kappa shape index (κ3) is 5.91. The number of rotatable bonds is 8. The van der Waals surface area contributed by atoms with E-state index < -0.39 is 11.6 Å². The summed E-state index contributed by atoms with van der Waals surface area (Å²) in [6.45, 7) is 7.34. The van der Waals surface area contributed by atoms with Crippen LogP contribution in [0.4, 0.5) is 8.78 Å².